The van der Waals surface area contributed by atoms with E-state index < -0.39 is 48.1 Å². The van der Waals surface area contributed by atoms with E-state index in [4.69, 9.17) is 16.3 Å². The van der Waals surface area contributed by atoms with Gasteiger partial charge in [-0.15, -0.1) is 0 Å². The Hall–Kier alpha value is -3.84. The van der Waals surface area contributed by atoms with E-state index in [2.05, 4.69) is 10.2 Å². The first-order valence-corrected chi connectivity index (χ1v) is 14.2. The van der Waals surface area contributed by atoms with Crippen LogP contribution in [0.2, 0.25) is 5.02 Å². The fourth-order valence-corrected chi connectivity index (χ4v) is 5.26. The van der Waals surface area contributed by atoms with Crippen molar-refractivity contribution in [3.63, 3.8) is 0 Å². The maximum Gasteiger partial charge on any atom is 0.417 e. The molecular formula is C31H29ClF7N3O3. The molecule has 6 nitrogen and oxygen atoms in total. The summed E-state index contributed by atoms with van der Waals surface area (Å²) in [5.41, 5.74) is -3.01. The van der Waals surface area contributed by atoms with Crippen molar-refractivity contribution in [2.75, 3.05) is 19.7 Å². The zero-order valence-corrected chi connectivity index (χ0v) is 24.9. The van der Waals surface area contributed by atoms with Crippen LogP contribution in [-0.4, -0.2) is 53.4 Å². The Balaban J connectivity index is 1.41. The van der Waals surface area contributed by atoms with Gasteiger partial charge < -0.3 is 15.0 Å². The minimum Gasteiger partial charge on any atom is -0.483 e. The lowest BCUT2D eigenvalue weighted by Gasteiger charge is -2.44. The number of rotatable bonds is 8. The lowest BCUT2D eigenvalue weighted by Crippen LogP contribution is -2.58. The molecule has 2 atom stereocenters. The van der Waals surface area contributed by atoms with Gasteiger partial charge in [-0.25, -0.2) is 4.39 Å². The summed E-state index contributed by atoms with van der Waals surface area (Å²) in [6, 6.07) is 10.8. The van der Waals surface area contributed by atoms with Gasteiger partial charge in [0.2, 0.25) is 0 Å². The van der Waals surface area contributed by atoms with Crippen molar-refractivity contribution < 1.29 is 45.1 Å². The summed E-state index contributed by atoms with van der Waals surface area (Å²) in [5, 5.41) is 2.39. The van der Waals surface area contributed by atoms with Gasteiger partial charge in [-0.3, -0.25) is 14.5 Å². The van der Waals surface area contributed by atoms with Crippen molar-refractivity contribution in [2.24, 2.45) is 0 Å². The number of nitrogens with zero attached hydrogens (tertiary/aromatic N) is 2. The number of ether oxygens (including phenoxy) is 1. The van der Waals surface area contributed by atoms with E-state index in [-0.39, 0.29) is 58.3 Å². The fourth-order valence-electron chi connectivity index (χ4n) is 5.07. The predicted octanol–water partition coefficient (Wildman–Crippen LogP) is 6.95. The molecule has 1 N–H and O–H groups in total. The number of piperazine rings is 1. The number of benzene rings is 3. The molecule has 1 heterocycles. The number of alkyl halides is 6. The second-order valence-electron chi connectivity index (χ2n) is 10.8. The van der Waals surface area contributed by atoms with Gasteiger partial charge in [-0.05, 0) is 67.9 Å². The number of hydrogen-bond donors (Lipinski definition) is 1. The van der Waals surface area contributed by atoms with Gasteiger partial charge in [0.25, 0.3) is 11.8 Å². The third-order valence-electron chi connectivity index (χ3n) is 7.44. The lowest BCUT2D eigenvalue weighted by molar-refractivity contribution is -0.141. The van der Waals surface area contributed by atoms with E-state index >= 15 is 0 Å². The largest absolute Gasteiger partial charge is 0.483 e. The summed E-state index contributed by atoms with van der Waals surface area (Å²) < 4.78 is 98.9. The number of amides is 2. The molecule has 1 fully saturated rings. The zero-order chi connectivity index (χ0) is 33.1. The van der Waals surface area contributed by atoms with Crippen LogP contribution in [0.25, 0.3) is 0 Å². The third-order valence-corrected chi connectivity index (χ3v) is 7.68. The normalized spacial score (nSPS) is 17.7. The highest BCUT2D eigenvalue weighted by Crippen LogP contribution is 2.36. The molecule has 1 aliphatic rings. The lowest BCUT2D eigenvalue weighted by atomic mass is 10.0. The minimum atomic E-state index is -5.08. The Labute approximate surface area is 259 Å². The molecular weight excluding hydrogens is 631 g/mol. The van der Waals surface area contributed by atoms with Gasteiger partial charge >= 0.3 is 12.4 Å². The highest BCUT2D eigenvalue weighted by atomic mass is 35.5. The van der Waals surface area contributed by atoms with Crippen molar-refractivity contribution >= 4 is 23.4 Å². The first-order chi connectivity index (χ1) is 21.0. The summed E-state index contributed by atoms with van der Waals surface area (Å²) in [6.07, 6.45) is -10.0. The van der Waals surface area contributed by atoms with Gasteiger partial charge in [0.15, 0.2) is 6.61 Å². The molecule has 3 aromatic carbocycles. The molecule has 0 spiro atoms. The van der Waals surface area contributed by atoms with E-state index in [1.54, 1.807) is 17.0 Å². The zero-order valence-electron chi connectivity index (χ0n) is 24.1. The average Bonchev–Trinajstić information content (AvgIpc) is 2.96. The molecule has 14 heteroatoms. The number of hydrogen-bond acceptors (Lipinski definition) is 4. The third kappa shape index (κ3) is 8.66. The number of carbonyl (C=O) groups is 2. The first-order valence-electron chi connectivity index (χ1n) is 13.8. The molecule has 0 unspecified atom stereocenters. The van der Waals surface area contributed by atoms with Crippen molar-refractivity contribution in [3.05, 3.63) is 99.3 Å². The second kappa shape index (κ2) is 13.7. The van der Waals surface area contributed by atoms with E-state index in [0.717, 1.165) is 5.56 Å². The van der Waals surface area contributed by atoms with Crippen LogP contribution in [0.15, 0.2) is 60.7 Å². The summed E-state index contributed by atoms with van der Waals surface area (Å²) in [4.78, 5) is 29.7. The van der Waals surface area contributed by atoms with Crippen LogP contribution in [0.5, 0.6) is 5.75 Å². The molecule has 2 amide bonds. The molecule has 4 rings (SSSR count). The number of nitrogens with one attached hydrogen (secondary N) is 1. The van der Waals surface area contributed by atoms with Gasteiger partial charge in [-0.2, -0.15) is 26.3 Å². The number of halogens is 8. The molecule has 0 radical (unpaired) electrons. The van der Waals surface area contributed by atoms with Crippen LogP contribution in [0, 0.1) is 5.82 Å². The van der Waals surface area contributed by atoms with Crippen LogP contribution in [0.4, 0.5) is 30.7 Å². The maximum absolute atomic E-state index is 13.5. The van der Waals surface area contributed by atoms with Crippen LogP contribution >= 0.6 is 11.6 Å². The van der Waals surface area contributed by atoms with Gasteiger partial charge in [0.1, 0.15) is 11.6 Å². The molecule has 3 aromatic rings. The molecule has 0 aromatic heterocycles. The van der Waals surface area contributed by atoms with Gasteiger partial charge in [-0.1, -0.05) is 23.7 Å². The van der Waals surface area contributed by atoms with Crippen molar-refractivity contribution in [2.45, 2.75) is 51.4 Å². The van der Waals surface area contributed by atoms with Gasteiger partial charge in [0.05, 0.1) is 16.7 Å². The summed E-state index contributed by atoms with van der Waals surface area (Å²) in [6.45, 7) is 4.52. The topological polar surface area (TPSA) is 61.9 Å². The molecule has 242 valence electrons. The van der Waals surface area contributed by atoms with Crippen molar-refractivity contribution in [1.82, 2.24) is 15.1 Å². The summed E-state index contributed by atoms with van der Waals surface area (Å²) >= 11 is 6.06. The Bertz CT molecular complexity index is 1530. The molecule has 0 saturated carbocycles. The van der Waals surface area contributed by atoms with Crippen LogP contribution in [-0.2, 0) is 30.2 Å². The summed E-state index contributed by atoms with van der Waals surface area (Å²) in [7, 11) is 0. The monoisotopic (exact) mass is 659 g/mol. The first kappa shape index (κ1) is 34.0. The average molecular weight is 660 g/mol. The molecule has 1 saturated heterocycles. The smallest absolute Gasteiger partial charge is 0.417 e. The molecule has 1 aliphatic heterocycles. The maximum atomic E-state index is 13.5. The predicted molar refractivity (Wildman–Crippen MR) is 152 cm³/mol. The Morgan fingerprint density at radius 2 is 1.60 bits per heavy atom. The van der Waals surface area contributed by atoms with Crippen LogP contribution < -0.4 is 10.1 Å². The standard InChI is InChI=1S/C31H29ClF7N3O3/c1-18-15-42(19(2)14-41(18)16-20-3-7-24(33)8-4-20)28(43)17-45-27-10-6-23(32)11-21(27)13-40-29(44)25-12-22(30(34,35)36)5-9-26(25)31(37,38)39/h3-12,18-19H,13-17H2,1-2H3,(H,40,44)/t18-,19+/m1/s1. The van der Waals surface area contributed by atoms with Crippen molar-refractivity contribution in [1.29, 1.82) is 0 Å². The van der Waals surface area contributed by atoms with E-state index in [0.29, 0.717) is 19.6 Å². The van der Waals surface area contributed by atoms with Gasteiger partial charge in [0, 0.05) is 48.8 Å². The van der Waals surface area contributed by atoms with Crippen LogP contribution in [0.1, 0.15) is 46.5 Å². The summed E-state index contributed by atoms with van der Waals surface area (Å²) in [5.74, 6) is -1.95. The quantitative estimate of drug-likeness (QED) is 0.266. The van der Waals surface area contributed by atoms with E-state index in [1.807, 2.05) is 13.8 Å². The Morgan fingerprint density at radius 1 is 0.911 bits per heavy atom. The highest BCUT2D eigenvalue weighted by molar-refractivity contribution is 6.30. The highest BCUT2D eigenvalue weighted by Gasteiger charge is 2.39. The second-order valence-corrected chi connectivity index (χ2v) is 11.2. The van der Waals surface area contributed by atoms with Crippen molar-refractivity contribution in [3.8, 4) is 5.75 Å². The Kier molecular flexibility index (Phi) is 10.3. The number of carbonyl (C=O) groups excluding carboxylic acids is 2. The van der Waals surface area contributed by atoms with E-state index in [9.17, 15) is 40.3 Å². The minimum absolute atomic E-state index is 0.0195. The fraction of sp³-hybridized carbons (Fsp3) is 0.355. The molecule has 45 heavy (non-hydrogen) atoms. The van der Waals surface area contributed by atoms with E-state index in [1.165, 1.54) is 30.3 Å². The van der Waals surface area contributed by atoms with Crippen LogP contribution in [0.3, 0.4) is 0 Å². The Morgan fingerprint density at radius 3 is 2.24 bits per heavy atom. The SMILES string of the molecule is C[C@@H]1CN(C(=O)COc2ccc(Cl)cc2CNC(=O)c2cc(C(F)(F)F)ccc2C(F)(F)F)[C@@H](C)CN1Cc1ccc(F)cc1. The molecule has 0 bridgehead atoms. The molecule has 0 aliphatic carbocycles.